The van der Waals surface area contributed by atoms with Gasteiger partial charge in [0.15, 0.2) is 0 Å². The lowest BCUT2D eigenvalue weighted by Gasteiger charge is -2.06. The average molecular weight is 263 g/mol. The van der Waals surface area contributed by atoms with Gasteiger partial charge in [-0.25, -0.2) is 4.39 Å². The number of amides is 1. The third-order valence-electron chi connectivity index (χ3n) is 2.16. The van der Waals surface area contributed by atoms with Crippen LogP contribution in [0.15, 0.2) is 18.2 Å². The number of nitrogens with one attached hydrogen (secondary N) is 1. The standard InChI is InChI=1S/C14H18FNOSi/c1-11(17)16-10-13-9-12(5-6-14(13)15)7-8-18(2,3)4/h5-6,9H,10H2,1-4H3,(H,16,17). The van der Waals surface area contributed by atoms with Crippen LogP contribution in [0.3, 0.4) is 0 Å². The van der Waals surface area contributed by atoms with Crippen molar-refractivity contribution in [3.8, 4) is 11.5 Å². The van der Waals surface area contributed by atoms with E-state index in [9.17, 15) is 9.18 Å². The van der Waals surface area contributed by atoms with E-state index in [1.165, 1.54) is 13.0 Å². The average Bonchev–Trinajstić information content (AvgIpc) is 2.25. The molecule has 1 amide bonds. The van der Waals surface area contributed by atoms with Gasteiger partial charge in [0.25, 0.3) is 0 Å². The molecule has 0 heterocycles. The van der Waals surface area contributed by atoms with E-state index in [0.717, 1.165) is 5.56 Å². The van der Waals surface area contributed by atoms with Gasteiger partial charge < -0.3 is 5.32 Å². The first-order valence-electron chi connectivity index (χ1n) is 5.84. The number of hydrogen-bond donors (Lipinski definition) is 1. The molecule has 0 aromatic heterocycles. The highest BCUT2D eigenvalue weighted by Gasteiger charge is 2.08. The summed E-state index contributed by atoms with van der Waals surface area (Å²) in [6, 6.07) is 4.75. The summed E-state index contributed by atoms with van der Waals surface area (Å²) in [7, 11) is -1.43. The van der Waals surface area contributed by atoms with E-state index in [0.29, 0.717) is 5.56 Å². The van der Waals surface area contributed by atoms with Crippen molar-refractivity contribution in [2.24, 2.45) is 0 Å². The van der Waals surface area contributed by atoms with E-state index in [1.54, 1.807) is 12.1 Å². The lowest BCUT2D eigenvalue weighted by molar-refractivity contribution is -0.119. The molecule has 0 radical (unpaired) electrons. The van der Waals surface area contributed by atoms with E-state index in [-0.39, 0.29) is 18.3 Å². The molecule has 0 spiro atoms. The van der Waals surface area contributed by atoms with Crippen molar-refractivity contribution in [3.05, 3.63) is 35.1 Å². The topological polar surface area (TPSA) is 29.1 Å². The fourth-order valence-electron chi connectivity index (χ4n) is 1.27. The molecule has 1 N–H and O–H groups in total. The molecule has 1 aromatic carbocycles. The van der Waals surface area contributed by atoms with Crippen LogP contribution in [0, 0.1) is 17.3 Å². The first-order valence-corrected chi connectivity index (χ1v) is 9.34. The monoisotopic (exact) mass is 263 g/mol. The smallest absolute Gasteiger partial charge is 0.217 e. The van der Waals surface area contributed by atoms with Crippen molar-refractivity contribution in [1.82, 2.24) is 5.32 Å². The first kappa shape index (κ1) is 14.5. The fourth-order valence-corrected chi connectivity index (χ4v) is 1.79. The Kier molecular flexibility index (Phi) is 4.68. The Morgan fingerprint density at radius 2 is 2.06 bits per heavy atom. The van der Waals surface area contributed by atoms with Crippen molar-refractivity contribution in [2.75, 3.05) is 0 Å². The largest absolute Gasteiger partial charge is 0.352 e. The number of hydrogen-bond acceptors (Lipinski definition) is 1. The zero-order valence-corrected chi connectivity index (χ0v) is 12.2. The second kappa shape index (κ2) is 5.83. The minimum Gasteiger partial charge on any atom is -0.352 e. The van der Waals surface area contributed by atoms with Crippen LogP contribution in [0.4, 0.5) is 4.39 Å². The molecule has 0 aliphatic heterocycles. The third-order valence-corrected chi connectivity index (χ3v) is 3.03. The van der Waals surface area contributed by atoms with Crippen molar-refractivity contribution < 1.29 is 9.18 Å². The first-order chi connectivity index (χ1) is 8.28. The zero-order chi connectivity index (χ0) is 13.8. The van der Waals surface area contributed by atoms with E-state index in [2.05, 4.69) is 36.4 Å². The summed E-state index contributed by atoms with van der Waals surface area (Å²) in [5.74, 6) is 2.58. The minimum absolute atomic E-state index is 0.173. The molecule has 0 fully saturated rings. The molecule has 0 unspecified atom stereocenters. The van der Waals surface area contributed by atoms with Crippen molar-refractivity contribution in [2.45, 2.75) is 33.1 Å². The van der Waals surface area contributed by atoms with Gasteiger partial charge in [-0.1, -0.05) is 25.6 Å². The lowest BCUT2D eigenvalue weighted by atomic mass is 10.1. The van der Waals surface area contributed by atoms with Crippen molar-refractivity contribution in [3.63, 3.8) is 0 Å². The highest BCUT2D eigenvalue weighted by atomic mass is 28.3. The quantitative estimate of drug-likeness (QED) is 0.645. The molecule has 0 saturated heterocycles. The Balaban J connectivity index is 2.92. The number of halogens is 1. The van der Waals surface area contributed by atoms with Gasteiger partial charge in [-0.15, -0.1) is 5.54 Å². The van der Waals surface area contributed by atoms with E-state index in [4.69, 9.17) is 0 Å². The minimum atomic E-state index is -1.43. The molecule has 0 saturated carbocycles. The molecule has 0 bridgehead atoms. The molecular formula is C14H18FNOSi. The van der Waals surface area contributed by atoms with Gasteiger partial charge in [0.05, 0.1) is 0 Å². The highest BCUT2D eigenvalue weighted by Crippen LogP contribution is 2.10. The summed E-state index contributed by atoms with van der Waals surface area (Å²) in [5.41, 5.74) is 4.49. The molecule has 4 heteroatoms. The van der Waals surface area contributed by atoms with Gasteiger partial charge in [0.1, 0.15) is 13.9 Å². The maximum absolute atomic E-state index is 13.5. The summed E-state index contributed by atoms with van der Waals surface area (Å²) < 4.78 is 13.5. The maximum atomic E-state index is 13.5. The van der Waals surface area contributed by atoms with E-state index >= 15 is 0 Å². The zero-order valence-electron chi connectivity index (χ0n) is 11.2. The SMILES string of the molecule is CC(=O)NCc1cc(C#C[Si](C)(C)C)ccc1F. The molecule has 1 aromatic rings. The fraction of sp³-hybridized carbons (Fsp3) is 0.357. The Morgan fingerprint density at radius 1 is 1.39 bits per heavy atom. The predicted octanol–water partition coefficient (Wildman–Crippen LogP) is 2.69. The molecule has 96 valence electrons. The predicted molar refractivity (Wildman–Crippen MR) is 74.1 cm³/mol. The molecule has 1 rings (SSSR count). The Labute approximate surface area is 109 Å². The normalized spacial score (nSPS) is 10.5. The Hall–Kier alpha value is -1.60. The van der Waals surface area contributed by atoms with Gasteiger partial charge in [0.2, 0.25) is 5.91 Å². The van der Waals surface area contributed by atoms with Crippen molar-refractivity contribution >= 4 is 14.0 Å². The van der Waals surface area contributed by atoms with Crippen LogP contribution in [0.25, 0.3) is 0 Å². The maximum Gasteiger partial charge on any atom is 0.217 e. The van der Waals surface area contributed by atoms with Crippen molar-refractivity contribution in [1.29, 1.82) is 0 Å². The van der Waals surface area contributed by atoms with Crippen LogP contribution < -0.4 is 5.32 Å². The summed E-state index contributed by atoms with van der Waals surface area (Å²) in [6.07, 6.45) is 0. The molecule has 0 atom stereocenters. The summed E-state index contributed by atoms with van der Waals surface area (Å²) in [4.78, 5) is 10.8. The van der Waals surface area contributed by atoms with Gasteiger partial charge in [-0.05, 0) is 18.2 Å². The molecule has 0 aliphatic rings. The molecule has 18 heavy (non-hydrogen) atoms. The van der Waals surface area contributed by atoms with Gasteiger partial charge >= 0.3 is 0 Å². The second-order valence-corrected chi connectivity index (χ2v) is 9.97. The van der Waals surface area contributed by atoms with Gasteiger partial charge in [0, 0.05) is 24.6 Å². The van der Waals surface area contributed by atoms with Gasteiger partial charge in [-0.3, -0.25) is 4.79 Å². The number of benzene rings is 1. The van der Waals surface area contributed by atoms with E-state index in [1.807, 2.05) is 0 Å². The second-order valence-electron chi connectivity index (χ2n) is 5.22. The van der Waals surface area contributed by atoms with Crippen LogP contribution in [-0.2, 0) is 11.3 Å². The van der Waals surface area contributed by atoms with Crippen LogP contribution in [0.2, 0.25) is 19.6 Å². The summed E-state index contributed by atoms with van der Waals surface area (Å²) in [5, 5.41) is 2.58. The Bertz CT molecular complexity index is 509. The highest BCUT2D eigenvalue weighted by molar-refractivity contribution is 6.83. The summed E-state index contributed by atoms with van der Waals surface area (Å²) >= 11 is 0. The number of carbonyl (C=O) groups excluding carboxylic acids is 1. The van der Waals surface area contributed by atoms with Crippen LogP contribution >= 0.6 is 0 Å². The van der Waals surface area contributed by atoms with Crippen LogP contribution in [0.5, 0.6) is 0 Å². The lowest BCUT2D eigenvalue weighted by Crippen LogP contribution is -2.19. The van der Waals surface area contributed by atoms with Gasteiger partial charge in [-0.2, -0.15) is 0 Å². The molecular weight excluding hydrogens is 245 g/mol. The Morgan fingerprint density at radius 3 is 2.61 bits per heavy atom. The molecule has 0 aliphatic carbocycles. The number of rotatable bonds is 2. The van der Waals surface area contributed by atoms with Crippen LogP contribution in [0.1, 0.15) is 18.1 Å². The number of carbonyl (C=O) groups is 1. The third kappa shape index (κ3) is 5.15. The van der Waals surface area contributed by atoms with Crippen LogP contribution in [-0.4, -0.2) is 14.0 Å². The summed E-state index contributed by atoms with van der Waals surface area (Å²) in [6.45, 7) is 8.07. The van der Waals surface area contributed by atoms with E-state index < -0.39 is 8.07 Å². The molecule has 2 nitrogen and oxygen atoms in total.